The Morgan fingerprint density at radius 3 is 2.70 bits per heavy atom. The molecule has 0 fully saturated rings. The first-order chi connectivity index (χ1) is 14.5. The smallest absolute Gasteiger partial charge is 0.224 e. The maximum Gasteiger partial charge on any atom is 0.224 e. The number of rotatable bonds is 7. The van der Waals surface area contributed by atoms with E-state index in [2.05, 4.69) is 20.4 Å². The van der Waals surface area contributed by atoms with Gasteiger partial charge in [0.05, 0.1) is 31.4 Å². The zero-order valence-corrected chi connectivity index (χ0v) is 17.1. The molecular formula is C22H23N5O3. The van der Waals surface area contributed by atoms with Crippen LogP contribution in [0.15, 0.2) is 53.3 Å². The van der Waals surface area contributed by atoms with Crippen LogP contribution < -0.4 is 10.1 Å². The summed E-state index contributed by atoms with van der Waals surface area (Å²) in [5, 5.41) is 8.10. The predicted molar refractivity (Wildman–Crippen MR) is 113 cm³/mol. The molecule has 0 saturated heterocycles. The molecule has 0 unspecified atom stereocenters. The van der Waals surface area contributed by atoms with E-state index in [1.807, 2.05) is 48.9 Å². The quantitative estimate of drug-likeness (QED) is 0.494. The largest absolute Gasteiger partial charge is 0.497 e. The number of methoxy groups -OCH3 is 1. The topological polar surface area (TPSA) is 95.1 Å². The summed E-state index contributed by atoms with van der Waals surface area (Å²) in [4.78, 5) is 21.0. The van der Waals surface area contributed by atoms with E-state index in [4.69, 9.17) is 9.15 Å². The van der Waals surface area contributed by atoms with Crippen LogP contribution in [0.1, 0.15) is 32.2 Å². The first-order valence-corrected chi connectivity index (χ1v) is 9.75. The number of carbonyl (C=O) groups is 1. The number of hydrogen-bond donors (Lipinski definition) is 1. The molecule has 0 saturated carbocycles. The van der Waals surface area contributed by atoms with Crippen molar-refractivity contribution in [1.82, 2.24) is 19.7 Å². The summed E-state index contributed by atoms with van der Waals surface area (Å²) in [6, 6.07) is 9.63. The number of fused-ring (bicyclic) bond motifs is 1. The number of hydrogen-bond acceptors (Lipinski definition) is 6. The van der Waals surface area contributed by atoms with E-state index >= 15 is 0 Å². The molecule has 1 amide bonds. The summed E-state index contributed by atoms with van der Waals surface area (Å²) < 4.78 is 12.8. The molecular weight excluding hydrogens is 382 g/mol. The van der Waals surface area contributed by atoms with Gasteiger partial charge in [-0.2, -0.15) is 5.10 Å². The van der Waals surface area contributed by atoms with Crippen molar-refractivity contribution < 1.29 is 13.9 Å². The second kappa shape index (κ2) is 8.36. The first kappa shape index (κ1) is 19.6. The maximum absolute atomic E-state index is 12.3. The summed E-state index contributed by atoms with van der Waals surface area (Å²) in [6.07, 6.45) is 5.73. The second-order valence-corrected chi connectivity index (χ2v) is 7.21. The predicted octanol–water partition coefficient (Wildman–Crippen LogP) is 4.25. The molecule has 0 aliphatic rings. The Balaban J connectivity index is 1.36. The molecule has 0 spiro atoms. The van der Waals surface area contributed by atoms with Gasteiger partial charge in [-0.15, -0.1) is 0 Å². The Labute approximate surface area is 173 Å². The minimum atomic E-state index is -0.128. The number of anilines is 1. The van der Waals surface area contributed by atoms with Crippen LogP contribution in [0.5, 0.6) is 5.75 Å². The molecule has 0 bridgehead atoms. The van der Waals surface area contributed by atoms with Crippen molar-refractivity contribution >= 4 is 22.6 Å². The molecule has 3 heterocycles. The number of nitrogens with zero attached hydrogens (tertiary/aromatic N) is 4. The van der Waals surface area contributed by atoms with E-state index < -0.39 is 0 Å². The van der Waals surface area contributed by atoms with E-state index in [0.29, 0.717) is 23.8 Å². The lowest BCUT2D eigenvalue weighted by molar-refractivity contribution is -0.116. The highest BCUT2D eigenvalue weighted by molar-refractivity contribution is 5.92. The van der Waals surface area contributed by atoms with Gasteiger partial charge in [0.2, 0.25) is 5.91 Å². The molecule has 154 valence electrons. The van der Waals surface area contributed by atoms with E-state index in [0.717, 1.165) is 22.3 Å². The Bertz CT molecular complexity index is 1160. The molecule has 8 nitrogen and oxygen atoms in total. The van der Waals surface area contributed by atoms with Gasteiger partial charge in [-0.25, -0.2) is 14.6 Å². The fraction of sp³-hybridized carbons (Fsp3) is 0.273. The summed E-state index contributed by atoms with van der Waals surface area (Å²) >= 11 is 0. The van der Waals surface area contributed by atoms with Gasteiger partial charge in [-0.1, -0.05) is 0 Å². The highest BCUT2D eigenvalue weighted by Crippen LogP contribution is 2.24. The van der Waals surface area contributed by atoms with Crippen LogP contribution in [0.4, 0.5) is 5.69 Å². The van der Waals surface area contributed by atoms with E-state index in [-0.39, 0.29) is 18.4 Å². The van der Waals surface area contributed by atoms with Gasteiger partial charge in [-0.05, 0) is 44.2 Å². The SMILES string of the molecule is COc1ccc(-c2cnc(CCC(=O)Nc3cnc4c(cnn4C(C)C)c3)o2)cc1. The zero-order chi connectivity index (χ0) is 21.1. The van der Waals surface area contributed by atoms with Crippen LogP contribution in [0.3, 0.4) is 0 Å². The van der Waals surface area contributed by atoms with Crippen LogP contribution in [-0.4, -0.2) is 32.8 Å². The van der Waals surface area contributed by atoms with E-state index in [1.165, 1.54) is 0 Å². The molecule has 0 radical (unpaired) electrons. The van der Waals surface area contributed by atoms with E-state index in [1.54, 1.807) is 25.7 Å². The molecule has 1 N–H and O–H groups in total. The van der Waals surface area contributed by atoms with Crippen LogP contribution in [-0.2, 0) is 11.2 Å². The molecule has 8 heteroatoms. The highest BCUT2D eigenvalue weighted by Gasteiger charge is 2.12. The standard InChI is InChI=1S/C22H23N5O3/c1-14(2)27-22-16(11-25-27)10-17(12-24-22)26-20(28)8-9-21-23-13-19(30-21)15-4-6-18(29-3)7-5-15/h4-7,10-14H,8-9H2,1-3H3,(H,26,28). The lowest BCUT2D eigenvalue weighted by Gasteiger charge is -2.07. The third-order valence-electron chi connectivity index (χ3n) is 4.70. The number of amides is 1. The average molecular weight is 405 g/mol. The number of pyridine rings is 1. The number of oxazole rings is 1. The fourth-order valence-corrected chi connectivity index (χ4v) is 3.14. The molecule has 3 aromatic heterocycles. The molecule has 0 aliphatic heterocycles. The van der Waals surface area contributed by atoms with Gasteiger partial charge < -0.3 is 14.5 Å². The number of ether oxygens (including phenoxy) is 1. The lowest BCUT2D eigenvalue weighted by atomic mass is 10.2. The molecule has 0 aliphatic carbocycles. The third kappa shape index (κ3) is 4.17. The molecule has 30 heavy (non-hydrogen) atoms. The summed E-state index contributed by atoms with van der Waals surface area (Å²) in [5.74, 6) is 1.82. The van der Waals surface area contributed by atoms with Crippen molar-refractivity contribution in [3.05, 3.63) is 54.8 Å². The van der Waals surface area contributed by atoms with Crippen LogP contribution in [0.25, 0.3) is 22.4 Å². The first-order valence-electron chi connectivity index (χ1n) is 9.75. The van der Waals surface area contributed by atoms with Crippen LogP contribution in [0, 0.1) is 0 Å². The Kier molecular flexibility index (Phi) is 5.47. The lowest BCUT2D eigenvalue weighted by Crippen LogP contribution is -2.12. The Hall–Kier alpha value is -3.68. The normalized spacial score (nSPS) is 11.2. The van der Waals surface area contributed by atoms with Crippen molar-refractivity contribution in [2.45, 2.75) is 32.7 Å². The number of benzene rings is 1. The third-order valence-corrected chi connectivity index (χ3v) is 4.70. The monoisotopic (exact) mass is 405 g/mol. The van der Waals surface area contributed by atoms with Crippen molar-refractivity contribution in [2.24, 2.45) is 0 Å². The fourth-order valence-electron chi connectivity index (χ4n) is 3.14. The van der Waals surface area contributed by atoms with Gasteiger partial charge in [0.25, 0.3) is 0 Å². The minimum Gasteiger partial charge on any atom is -0.497 e. The molecule has 1 aromatic carbocycles. The minimum absolute atomic E-state index is 0.128. The van der Waals surface area contributed by atoms with Crippen molar-refractivity contribution in [3.63, 3.8) is 0 Å². The number of aryl methyl sites for hydroxylation is 1. The summed E-state index contributed by atoms with van der Waals surface area (Å²) in [7, 11) is 1.62. The average Bonchev–Trinajstić information content (AvgIpc) is 3.39. The summed E-state index contributed by atoms with van der Waals surface area (Å²) in [5.41, 5.74) is 2.34. The number of carbonyl (C=O) groups excluding carboxylic acids is 1. The Morgan fingerprint density at radius 1 is 1.17 bits per heavy atom. The van der Waals surface area contributed by atoms with Crippen molar-refractivity contribution in [2.75, 3.05) is 12.4 Å². The van der Waals surface area contributed by atoms with Gasteiger partial charge in [-0.3, -0.25) is 4.79 Å². The highest BCUT2D eigenvalue weighted by atomic mass is 16.5. The van der Waals surface area contributed by atoms with Gasteiger partial charge in [0.1, 0.15) is 5.75 Å². The van der Waals surface area contributed by atoms with Crippen LogP contribution >= 0.6 is 0 Å². The number of nitrogens with one attached hydrogen (secondary N) is 1. The van der Waals surface area contributed by atoms with Gasteiger partial charge >= 0.3 is 0 Å². The molecule has 4 aromatic rings. The summed E-state index contributed by atoms with van der Waals surface area (Å²) in [6.45, 7) is 4.10. The number of aromatic nitrogens is 4. The van der Waals surface area contributed by atoms with Gasteiger partial charge in [0, 0.05) is 29.8 Å². The van der Waals surface area contributed by atoms with Crippen molar-refractivity contribution in [1.29, 1.82) is 0 Å². The molecule has 0 atom stereocenters. The van der Waals surface area contributed by atoms with Crippen LogP contribution in [0.2, 0.25) is 0 Å². The Morgan fingerprint density at radius 2 is 1.97 bits per heavy atom. The van der Waals surface area contributed by atoms with Crippen molar-refractivity contribution in [3.8, 4) is 17.1 Å². The second-order valence-electron chi connectivity index (χ2n) is 7.21. The zero-order valence-electron chi connectivity index (χ0n) is 17.1. The van der Waals surface area contributed by atoms with Gasteiger partial charge in [0.15, 0.2) is 17.3 Å². The molecule has 4 rings (SSSR count). The maximum atomic E-state index is 12.3. The van der Waals surface area contributed by atoms with E-state index in [9.17, 15) is 4.79 Å².